The highest BCUT2D eigenvalue weighted by Crippen LogP contribution is 2.32. The highest BCUT2D eigenvalue weighted by atomic mass is 32.2. The second kappa shape index (κ2) is 8.09. The number of nitrogens with zero attached hydrogens (tertiary/aromatic N) is 1. The predicted octanol–water partition coefficient (Wildman–Crippen LogP) is 2.71. The molecule has 8 heteroatoms. The molecule has 2 rings (SSSR count). The van der Waals surface area contributed by atoms with Crippen LogP contribution in [-0.4, -0.2) is 42.3 Å². The van der Waals surface area contributed by atoms with E-state index >= 15 is 0 Å². The van der Waals surface area contributed by atoms with Crippen LogP contribution in [-0.2, 0) is 14.8 Å². The van der Waals surface area contributed by atoms with Crippen LogP contribution in [0.15, 0.2) is 47.4 Å². The van der Waals surface area contributed by atoms with Gasteiger partial charge in [-0.15, -0.1) is 0 Å². The van der Waals surface area contributed by atoms with E-state index in [1.807, 2.05) is 0 Å². The smallest absolute Gasteiger partial charge is 0.337 e. The molecular formula is C18H21NO6S. The van der Waals surface area contributed by atoms with Crippen molar-refractivity contribution in [3.8, 4) is 11.5 Å². The summed E-state index contributed by atoms with van der Waals surface area (Å²) in [7, 11) is 0.390. The third-order valence-corrected chi connectivity index (χ3v) is 5.71. The molecule has 0 saturated heterocycles. The Hall–Kier alpha value is -2.74. The van der Waals surface area contributed by atoms with Crippen LogP contribution >= 0.6 is 0 Å². The lowest BCUT2D eigenvalue weighted by Crippen LogP contribution is -2.30. The summed E-state index contributed by atoms with van der Waals surface area (Å²) in [5, 5.41) is 0. The zero-order valence-corrected chi connectivity index (χ0v) is 15.9. The molecule has 2 aromatic carbocycles. The molecule has 0 fully saturated rings. The highest BCUT2D eigenvalue weighted by Gasteiger charge is 2.25. The lowest BCUT2D eigenvalue weighted by Gasteiger charge is -2.23. The molecule has 0 heterocycles. The molecule has 0 radical (unpaired) electrons. The number of carbonyl (C=O) groups excluding carboxylic acids is 1. The van der Waals surface area contributed by atoms with Crippen molar-refractivity contribution in [3.05, 3.63) is 48.0 Å². The number of benzene rings is 2. The Morgan fingerprint density at radius 2 is 1.58 bits per heavy atom. The number of hydrogen-bond donors (Lipinski definition) is 0. The van der Waals surface area contributed by atoms with Crippen LogP contribution in [0, 0.1) is 0 Å². The number of rotatable bonds is 7. The maximum Gasteiger partial charge on any atom is 0.337 e. The number of esters is 1. The van der Waals surface area contributed by atoms with Gasteiger partial charge < -0.3 is 14.2 Å². The number of hydrogen-bond acceptors (Lipinski definition) is 6. The molecule has 0 N–H and O–H groups in total. The number of anilines is 1. The van der Waals surface area contributed by atoms with Crippen LogP contribution in [0.4, 0.5) is 5.69 Å². The molecule has 0 spiro atoms. The fraction of sp³-hybridized carbons (Fsp3) is 0.278. The Kier molecular flexibility index (Phi) is 6.10. The quantitative estimate of drug-likeness (QED) is 0.688. The Balaban J connectivity index is 2.43. The summed E-state index contributed by atoms with van der Waals surface area (Å²) >= 11 is 0. The van der Waals surface area contributed by atoms with Crippen LogP contribution in [0.3, 0.4) is 0 Å². The molecule has 7 nitrogen and oxygen atoms in total. The van der Waals surface area contributed by atoms with E-state index in [-0.39, 0.29) is 11.4 Å². The summed E-state index contributed by atoms with van der Waals surface area (Å²) in [6.07, 6.45) is 0. The van der Waals surface area contributed by atoms with Crippen molar-refractivity contribution in [3.63, 3.8) is 0 Å². The summed E-state index contributed by atoms with van der Waals surface area (Å²) in [6.45, 7) is 1.95. The van der Waals surface area contributed by atoms with Crippen molar-refractivity contribution >= 4 is 21.7 Å². The normalized spacial score (nSPS) is 10.9. The molecule has 2 aromatic rings. The average molecular weight is 379 g/mol. The first kappa shape index (κ1) is 19.6. The number of carbonyl (C=O) groups is 1. The number of ether oxygens (including phenoxy) is 3. The van der Waals surface area contributed by atoms with Gasteiger partial charge in [0, 0.05) is 12.6 Å². The van der Waals surface area contributed by atoms with Crippen molar-refractivity contribution in [2.24, 2.45) is 0 Å². The fourth-order valence-electron chi connectivity index (χ4n) is 2.48. The molecule has 0 saturated carbocycles. The zero-order chi connectivity index (χ0) is 19.3. The van der Waals surface area contributed by atoms with Crippen molar-refractivity contribution in [2.75, 3.05) is 32.2 Å². The van der Waals surface area contributed by atoms with Crippen molar-refractivity contribution in [2.45, 2.75) is 11.8 Å². The minimum absolute atomic E-state index is 0.0778. The molecule has 0 aliphatic rings. The molecule has 0 aliphatic heterocycles. The Labute approximate surface area is 153 Å². The van der Waals surface area contributed by atoms with Gasteiger partial charge in [0.1, 0.15) is 0 Å². The van der Waals surface area contributed by atoms with E-state index in [4.69, 9.17) is 9.47 Å². The van der Waals surface area contributed by atoms with Crippen molar-refractivity contribution < 1.29 is 27.4 Å². The van der Waals surface area contributed by atoms with Gasteiger partial charge in [-0.25, -0.2) is 13.2 Å². The Morgan fingerprint density at radius 3 is 2.08 bits per heavy atom. The SMILES string of the molecule is CCN(c1ccc(C(=O)OC)cc1)S(=O)(=O)c1ccc(OC)c(OC)c1. The van der Waals surface area contributed by atoms with Gasteiger partial charge in [-0.3, -0.25) is 4.31 Å². The molecule has 0 aliphatic carbocycles. The first-order valence-corrected chi connectivity index (χ1v) is 9.26. The molecule has 0 unspecified atom stereocenters. The van der Waals surface area contributed by atoms with Crippen molar-refractivity contribution in [1.82, 2.24) is 0 Å². The maximum atomic E-state index is 13.0. The number of sulfonamides is 1. The monoisotopic (exact) mass is 379 g/mol. The minimum atomic E-state index is -3.82. The first-order valence-electron chi connectivity index (χ1n) is 7.82. The summed E-state index contributed by atoms with van der Waals surface area (Å²) in [5.74, 6) is 0.282. The summed E-state index contributed by atoms with van der Waals surface area (Å²) in [5.41, 5.74) is 0.783. The summed E-state index contributed by atoms with van der Waals surface area (Å²) in [6, 6.07) is 10.6. The Bertz CT molecular complexity index is 877. The van der Waals surface area contributed by atoms with E-state index in [1.165, 1.54) is 49.9 Å². The molecule has 0 amide bonds. The molecule has 26 heavy (non-hydrogen) atoms. The largest absolute Gasteiger partial charge is 0.493 e. The zero-order valence-electron chi connectivity index (χ0n) is 15.1. The minimum Gasteiger partial charge on any atom is -0.493 e. The van der Waals surface area contributed by atoms with Crippen LogP contribution < -0.4 is 13.8 Å². The molecule has 0 atom stereocenters. The third kappa shape index (κ3) is 3.75. The molecule has 0 bridgehead atoms. The van der Waals surface area contributed by atoms with Gasteiger partial charge in [-0.1, -0.05) is 0 Å². The van der Waals surface area contributed by atoms with Crippen LogP contribution in [0.25, 0.3) is 0 Å². The molecule has 140 valence electrons. The van der Waals surface area contributed by atoms with Gasteiger partial charge in [0.25, 0.3) is 10.0 Å². The Morgan fingerprint density at radius 1 is 0.962 bits per heavy atom. The van der Waals surface area contributed by atoms with Crippen LogP contribution in [0.5, 0.6) is 11.5 Å². The molecule has 0 aromatic heterocycles. The van der Waals surface area contributed by atoms with Crippen LogP contribution in [0.1, 0.15) is 17.3 Å². The van der Waals surface area contributed by atoms with Gasteiger partial charge in [0.15, 0.2) is 11.5 Å². The van der Waals surface area contributed by atoms with E-state index in [1.54, 1.807) is 25.1 Å². The summed E-state index contributed by atoms with van der Waals surface area (Å²) < 4.78 is 42.3. The van der Waals surface area contributed by atoms with E-state index < -0.39 is 16.0 Å². The lowest BCUT2D eigenvalue weighted by atomic mass is 10.2. The van der Waals surface area contributed by atoms with E-state index in [0.29, 0.717) is 22.7 Å². The standard InChI is InChI=1S/C18H21NO6S/c1-5-19(14-8-6-13(7-9-14)18(20)25-4)26(21,22)15-10-11-16(23-2)17(12-15)24-3/h6-12H,5H2,1-4H3. The van der Waals surface area contributed by atoms with E-state index in [0.717, 1.165) is 0 Å². The van der Waals surface area contributed by atoms with Crippen molar-refractivity contribution in [1.29, 1.82) is 0 Å². The van der Waals surface area contributed by atoms with Gasteiger partial charge in [0.2, 0.25) is 0 Å². The first-order chi connectivity index (χ1) is 12.4. The summed E-state index contributed by atoms with van der Waals surface area (Å²) in [4.78, 5) is 11.6. The van der Waals surface area contributed by atoms with E-state index in [2.05, 4.69) is 4.74 Å². The third-order valence-electron chi connectivity index (χ3n) is 3.81. The number of methoxy groups -OCH3 is 3. The predicted molar refractivity (Wildman–Crippen MR) is 97.5 cm³/mol. The average Bonchev–Trinajstić information content (AvgIpc) is 2.67. The van der Waals surface area contributed by atoms with Gasteiger partial charge in [-0.2, -0.15) is 0 Å². The van der Waals surface area contributed by atoms with Gasteiger partial charge >= 0.3 is 5.97 Å². The van der Waals surface area contributed by atoms with Gasteiger partial charge in [0.05, 0.1) is 37.5 Å². The van der Waals surface area contributed by atoms with Gasteiger partial charge in [-0.05, 0) is 43.3 Å². The van der Waals surface area contributed by atoms with E-state index in [9.17, 15) is 13.2 Å². The lowest BCUT2D eigenvalue weighted by molar-refractivity contribution is 0.0600. The van der Waals surface area contributed by atoms with Crippen LogP contribution in [0.2, 0.25) is 0 Å². The highest BCUT2D eigenvalue weighted by molar-refractivity contribution is 7.92. The second-order valence-corrected chi connectivity index (χ2v) is 7.09. The topological polar surface area (TPSA) is 82.1 Å². The second-order valence-electron chi connectivity index (χ2n) is 5.23. The fourth-order valence-corrected chi connectivity index (χ4v) is 3.97. The maximum absolute atomic E-state index is 13.0. The molecular weight excluding hydrogens is 358 g/mol.